The molecular weight excluding hydrogens is 256 g/mol. The molecule has 0 saturated heterocycles. The molecule has 5 heteroatoms. The van der Waals surface area contributed by atoms with Crippen LogP contribution >= 0.6 is 0 Å². The lowest BCUT2D eigenvalue weighted by molar-refractivity contribution is 0.0936. The molecule has 0 radical (unpaired) electrons. The first kappa shape index (κ1) is 16.4. The van der Waals surface area contributed by atoms with E-state index in [9.17, 15) is 9.59 Å². The summed E-state index contributed by atoms with van der Waals surface area (Å²) in [6.45, 7) is 9.52. The summed E-state index contributed by atoms with van der Waals surface area (Å²) in [4.78, 5) is 27.0. The Labute approximate surface area is 119 Å². The number of aliphatic hydroxyl groups excluding tert-OH is 1. The minimum absolute atomic E-state index is 0.00443. The third-order valence-electron chi connectivity index (χ3n) is 3.31. The molecule has 0 spiro atoms. The molecule has 20 heavy (non-hydrogen) atoms. The Kier molecular flexibility index (Phi) is 5.51. The molecule has 0 fully saturated rings. The number of nitrogens with one attached hydrogen (secondary N) is 2. The normalized spacial score (nSPS) is 12.6. The first-order chi connectivity index (χ1) is 9.29. The summed E-state index contributed by atoms with van der Waals surface area (Å²) in [5, 5.41) is 11.8. The van der Waals surface area contributed by atoms with Crippen molar-refractivity contribution in [1.29, 1.82) is 0 Å². The predicted molar refractivity (Wildman–Crippen MR) is 78.2 cm³/mol. The van der Waals surface area contributed by atoms with Gasteiger partial charge in [0.25, 0.3) is 5.91 Å². The molecule has 1 heterocycles. The molecule has 3 N–H and O–H groups in total. The monoisotopic (exact) mass is 280 g/mol. The van der Waals surface area contributed by atoms with Crippen LogP contribution in [-0.4, -0.2) is 34.9 Å². The molecule has 0 saturated carbocycles. The van der Waals surface area contributed by atoms with Gasteiger partial charge in [-0.2, -0.15) is 0 Å². The molecule has 1 aromatic heterocycles. The molecule has 1 rings (SSSR count). The summed E-state index contributed by atoms with van der Waals surface area (Å²) in [6.07, 6.45) is 0. The van der Waals surface area contributed by atoms with Crippen molar-refractivity contribution >= 4 is 11.7 Å². The highest BCUT2D eigenvalue weighted by Crippen LogP contribution is 2.27. The summed E-state index contributed by atoms with van der Waals surface area (Å²) in [7, 11) is 0. The molecule has 1 unspecified atom stereocenters. The number of rotatable bonds is 6. The van der Waals surface area contributed by atoms with Gasteiger partial charge in [0.1, 0.15) is 5.69 Å². The summed E-state index contributed by atoms with van der Waals surface area (Å²) in [5.41, 5.74) is 2.55. The minimum Gasteiger partial charge on any atom is -0.396 e. The zero-order chi connectivity index (χ0) is 15.4. The molecule has 1 amide bonds. The number of hydrogen-bond acceptors (Lipinski definition) is 3. The fraction of sp³-hybridized carbons (Fsp3) is 0.600. The summed E-state index contributed by atoms with van der Waals surface area (Å²) >= 11 is 0. The summed E-state index contributed by atoms with van der Waals surface area (Å²) in [6, 6.07) is 0. The Morgan fingerprint density at radius 3 is 2.35 bits per heavy atom. The van der Waals surface area contributed by atoms with Crippen LogP contribution in [0.1, 0.15) is 65.7 Å². The van der Waals surface area contributed by atoms with Gasteiger partial charge in [-0.15, -0.1) is 0 Å². The minimum atomic E-state index is -0.232. The molecule has 0 bridgehead atoms. The number of ketones is 1. The van der Waals surface area contributed by atoms with Gasteiger partial charge >= 0.3 is 0 Å². The van der Waals surface area contributed by atoms with Crippen molar-refractivity contribution < 1.29 is 14.7 Å². The van der Waals surface area contributed by atoms with Gasteiger partial charge in [-0.05, 0) is 31.2 Å². The van der Waals surface area contributed by atoms with Crippen LogP contribution < -0.4 is 5.32 Å². The maximum absolute atomic E-state index is 12.2. The van der Waals surface area contributed by atoms with Crippen molar-refractivity contribution in [3.8, 4) is 0 Å². The molecule has 0 aliphatic carbocycles. The van der Waals surface area contributed by atoms with Crippen molar-refractivity contribution in [1.82, 2.24) is 10.3 Å². The fourth-order valence-electron chi connectivity index (χ4n) is 2.27. The Morgan fingerprint density at radius 2 is 1.90 bits per heavy atom. The number of aromatic amines is 1. The zero-order valence-electron chi connectivity index (χ0n) is 12.8. The Bertz CT molecular complexity index is 503. The van der Waals surface area contributed by atoms with E-state index >= 15 is 0 Å². The molecule has 5 nitrogen and oxygen atoms in total. The molecule has 0 aliphatic rings. The second kappa shape index (κ2) is 6.70. The molecular formula is C15H24N2O3. The third-order valence-corrected chi connectivity index (χ3v) is 3.31. The number of aliphatic hydroxyl groups is 1. The average Bonchev–Trinajstić information content (AvgIpc) is 2.73. The lowest BCUT2D eigenvalue weighted by Crippen LogP contribution is -2.30. The quantitative estimate of drug-likeness (QED) is 0.697. The fourth-order valence-corrected chi connectivity index (χ4v) is 2.27. The van der Waals surface area contributed by atoms with E-state index in [4.69, 9.17) is 5.11 Å². The van der Waals surface area contributed by atoms with E-state index in [1.54, 1.807) is 6.92 Å². The number of amides is 1. The smallest absolute Gasteiger partial charge is 0.268 e. The van der Waals surface area contributed by atoms with Crippen molar-refractivity contribution in [3.63, 3.8) is 0 Å². The van der Waals surface area contributed by atoms with Crippen LogP contribution in [0, 0.1) is 12.8 Å². The van der Waals surface area contributed by atoms with Crippen LogP contribution in [0.4, 0.5) is 0 Å². The first-order valence-electron chi connectivity index (χ1n) is 6.92. The Morgan fingerprint density at radius 1 is 1.30 bits per heavy atom. The van der Waals surface area contributed by atoms with Gasteiger partial charge in [-0.1, -0.05) is 20.8 Å². The van der Waals surface area contributed by atoms with Gasteiger partial charge in [-0.25, -0.2) is 0 Å². The van der Waals surface area contributed by atoms with Crippen molar-refractivity contribution in [2.24, 2.45) is 5.92 Å². The topological polar surface area (TPSA) is 82.2 Å². The van der Waals surface area contributed by atoms with Gasteiger partial charge in [-0.3, -0.25) is 9.59 Å². The van der Waals surface area contributed by atoms with Gasteiger partial charge < -0.3 is 15.4 Å². The summed E-state index contributed by atoms with van der Waals surface area (Å²) in [5.74, 6) is -0.186. The highest BCUT2D eigenvalue weighted by atomic mass is 16.3. The average molecular weight is 280 g/mol. The zero-order valence-corrected chi connectivity index (χ0v) is 12.8. The van der Waals surface area contributed by atoms with Gasteiger partial charge in [0, 0.05) is 24.4 Å². The number of carbonyl (C=O) groups excluding carboxylic acids is 2. The number of aryl methyl sites for hydroxylation is 1. The second-order valence-corrected chi connectivity index (χ2v) is 5.62. The number of carbonyl (C=O) groups is 2. The Hall–Kier alpha value is -1.62. The molecule has 1 aromatic rings. The van der Waals surface area contributed by atoms with E-state index in [1.807, 2.05) is 20.8 Å². The van der Waals surface area contributed by atoms with E-state index in [2.05, 4.69) is 10.3 Å². The van der Waals surface area contributed by atoms with Crippen LogP contribution in [0.25, 0.3) is 0 Å². The Balaban J connectivity index is 3.09. The van der Waals surface area contributed by atoms with Crippen LogP contribution in [0.15, 0.2) is 0 Å². The van der Waals surface area contributed by atoms with Gasteiger partial charge in [0.15, 0.2) is 5.78 Å². The van der Waals surface area contributed by atoms with Crippen molar-refractivity contribution in [2.75, 3.05) is 13.2 Å². The third kappa shape index (κ3) is 3.48. The predicted octanol–water partition coefficient (Wildman–Crippen LogP) is 2.01. The SMILES string of the molecule is CC(=O)c1c(C)[nH]c(C(=O)NCC(C)CO)c1C(C)C. The van der Waals surface area contributed by atoms with E-state index in [1.165, 1.54) is 6.92 Å². The van der Waals surface area contributed by atoms with Crippen molar-refractivity contribution in [3.05, 3.63) is 22.5 Å². The number of aromatic nitrogens is 1. The second-order valence-electron chi connectivity index (χ2n) is 5.62. The maximum Gasteiger partial charge on any atom is 0.268 e. The van der Waals surface area contributed by atoms with E-state index < -0.39 is 0 Å². The molecule has 1 atom stereocenters. The van der Waals surface area contributed by atoms with Gasteiger partial charge in [0.2, 0.25) is 0 Å². The van der Waals surface area contributed by atoms with E-state index in [0.29, 0.717) is 17.8 Å². The number of H-pyrrole nitrogens is 1. The lowest BCUT2D eigenvalue weighted by atomic mass is 9.95. The maximum atomic E-state index is 12.2. The van der Waals surface area contributed by atoms with Gasteiger partial charge in [0.05, 0.1) is 0 Å². The molecule has 0 aliphatic heterocycles. The standard InChI is InChI=1S/C15H24N2O3/c1-8(2)12-13(11(5)19)10(4)17-14(12)15(20)16-6-9(3)7-18/h8-9,17-18H,6-7H2,1-5H3,(H,16,20). The van der Waals surface area contributed by atoms with Crippen molar-refractivity contribution in [2.45, 2.75) is 40.5 Å². The van der Waals surface area contributed by atoms with E-state index in [0.717, 1.165) is 11.3 Å². The summed E-state index contributed by atoms with van der Waals surface area (Å²) < 4.78 is 0. The lowest BCUT2D eigenvalue weighted by Gasteiger charge is -2.12. The largest absolute Gasteiger partial charge is 0.396 e. The van der Waals surface area contributed by atoms with E-state index in [-0.39, 0.29) is 30.1 Å². The highest BCUT2D eigenvalue weighted by Gasteiger charge is 2.24. The highest BCUT2D eigenvalue weighted by molar-refractivity contribution is 6.03. The van der Waals surface area contributed by atoms with Crippen LogP contribution in [0.5, 0.6) is 0 Å². The number of Topliss-reactive ketones (excluding diaryl/α,β-unsaturated/α-hetero) is 1. The first-order valence-corrected chi connectivity index (χ1v) is 6.92. The van der Waals surface area contributed by atoms with Crippen LogP contribution in [0.2, 0.25) is 0 Å². The van der Waals surface area contributed by atoms with Crippen LogP contribution in [0.3, 0.4) is 0 Å². The van der Waals surface area contributed by atoms with Crippen LogP contribution in [-0.2, 0) is 0 Å². The molecule has 0 aromatic carbocycles. The molecule has 112 valence electrons. The number of hydrogen-bond donors (Lipinski definition) is 3.